The molecule has 1 heterocycles. The lowest BCUT2D eigenvalue weighted by Gasteiger charge is -2.22. The van der Waals surface area contributed by atoms with Crippen molar-refractivity contribution >= 4 is 29.8 Å². The van der Waals surface area contributed by atoms with Gasteiger partial charge in [-0.1, -0.05) is 78.9 Å². The van der Waals surface area contributed by atoms with Gasteiger partial charge in [0.15, 0.2) is 0 Å². The normalized spacial score (nSPS) is 16.2. The Morgan fingerprint density at radius 2 is 1.68 bits per heavy atom. The monoisotopic (exact) mass is 645 g/mol. The average Bonchev–Trinajstić information content (AvgIpc) is 3.54. The fourth-order valence-corrected chi connectivity index (χ4v) is 5.16. The molecule has 4 amide bonds. The van der Waals surface area contributed by atoms with Crippen LogP contribution in [0.5, 0.6) is 0 Å². The van der Waals surface area contributed by atoms with Crippen molar-refractivity contribution in [2.75, 3.05) is 20.4 Å². The summed E-state index contributed by atoms with van der Waals surface area (Å²) in [6.07, 6.45) is -1.68. The molecule has 248 valence electrons. The van der Waals surface area contributed by atoms with Gasteiger partial charge in [0.05, 0.1) is 6.61 Å². The van der Waals surface area contributed by atoms with E-state index in [1.165, 1.54) is 14.0 Å². The number of carboxylic acid groups (broad SMARTS) is 1. The zero-order valence-electron chi connectivity index (χ0n) is 26.2. The molecule has 1 aliphatic heterocycles. The number of carbonyl (C=O) groups excluding carboxylic acids is 3. The third-order valence-corrected chi connectivity index (χ3v) is 7.64. The van der Waals surface area contributed by atoms with E-state index in [1.807, 2.05) is 54.6 Å². The molecular weight excluding hydrogens is 606 g/mol. The van der Waals surface area contributed by atoms with E-state index in [0.29, 0.717) is 12.2 Å². The molecule has 0 bridgehead atoms. The molecule has 3 atom stereocenters. The first-order valence-electron chi connectivity index (χ1n) is 15.0. The molecule has 1 saturated heterocycles. The Bertz CT molecular complexity index is 1550. The molecule has 3 aromatic rings. The van der Waals surface area contributed by atoms with Gasteiger partial charge in [-0.15, -0.1) is 0 Å². The van der Waals surface area contributed by atoms with E-state index in [2.05, 4.69) is 16.0 Å². The van der Waals surface area contributed by atoms with Crippen LogP contribution < -0.4 is 16.0 Å². The van der Waals surface area contributed by atoms with Crippen molar-refractivity contribution in [2.24, 2.45) is 0 Å². The third kappa shape index (κ3) is 10.1. The predicted molar refractivity (Wildman–Crippen MR) is 171 cm³/mol. The van der Waals surface area contributed by atoms with Gasteiger partial charge >= 0.3 is 12.2 Å². The number of likely N-dealkylation sites (tertiary alicyclic amines) is 1. The van der Waals surface area contributed by atoms with Gasteiger partial charge in [0.25, 0.3) is 0 Å². The van der Waals surface area contributed by atoms with E-state index in [-0.39, 0.29) is 44.7 Å². The lowest BCUT2D eigenvalue weighted by atomic mass is 9.94. The van der Waals surface area contributed by atoms with E-state index in [9.17, 15) is 24.3 Å². The average molecular weight is 646 g/mol. The van der Waals surface area contributed by atoms with Crippen molar-refractivity contribution in [3.63, 3.8) is 0 Å². The summed E-state index contributed by atoms with van der Waals surface area (Å²) in [6.45, 7) is 2.40. The summed E-state index contributed by atoms with van der Waals surface area (Å²) in [7, 11) is 1.54. The molecule has 0 spiro atoms. The lowest BCUT2D eigenvalue weighted by Crippen LogP contribution is -2.51. The number of alkyl carbamates (subject to hydrolysis) is 1. The van der Waals surface area contributed by atoms with Gasteiger partial charge in [-0.05, 0) is 35.6 Å². The summed E-state index contributed by atoms with van der Waals surface area (Å²) in [4.78, 5) is 51.1. The molecule has 0 aromatic heterocycles. The Morgan fingerprint density at radius 3 is 2.38 bits per heavy atom. The van der Waals surface area contributed by atoms with Crippen LogP contribution in [0.2, 0.25) is 0 Å². The molecular formula is C34H39N5O8. The van der Waals surface area contributed by atoms with Crippen LogP contribution >= 0.6 is 0 Å². The molecule has 1 aliphatic rings. The Hall–Kier alpha value is -5.27. The maximum absolute atomic E-state index is 13.2. The van der Waals surface area contributed by atoms with Gasteiger partial charge in [-0.3, -0.25) is 25.2 Å². The molecule has 0 radical (unpaired) electrons. The van der Waals surface area contributed by atoms with Crippen LogP contribution in [0, 0.1) is 5.41 Å². The fourth-order valence-electron chi connectivity index (χ4n) is 5.16. The first kappa shape index (κ1) is 34.6. The standard InChI is InChI=1S/C34H39N5O8/c1-22(37-32(41)29-16-28(18-39(29)34(43)44)27-10-6-9-25(15-27)19-46-21-45-2)31(40)36-17-23-11-13-26(14-12-23)30(35)38-33(42)47-20-24-7-4-3-5-8-24/h3-15,22,28-29H,16-21H2,1-2H3,(H,36,40)(H,37,41)(H,43,44)(H2,35,38,42)/t22?,28-,29?/m0/s1. The van der Waals surface area contributed by atoms with E-state index >= 15 is 0 Å². The summed E-state index contributed by atoms with van der Waals surface area (Å²) in [5, 5.41) is 25.8. The van der Waals surface area contributed by atoms with Gasteiger partial charge < -0.3 is 30.0 Å². The molecule has 4 rings (SSSR count). The second kappa shape index (κ2) is 16.9. The van der Waals surface area contributed by atoms with Crippen LogP contribution in [0.1, 0.15) is 47.1 Å². The highest BCUT2D eigenvalue weighted by Gasteiger charge is 2.41. The summed E-state index contributed by atoms with van der Waals surface area (Å²) >= 11 is 0. The summed E-state index contributed by atoms with van der Waals surface area (Å²) in [5.41, 5.74) is 3.80. The quantitative estimate of drug-likeness (QED) is 0.0808. The van der Waals surface area contributed by atoms with Crippen LogP contribution in [0.15, 0.2) is 78.9 Å². The fraction of sp³-hybridized carbons (Fsp3) is 0.324. The first-order valence-corrected chi connectivity index (χ1v) is 15.0. The topological polar surface area (TPSA) is 179 Å². The largest absolute Gasteiger partial charge is 0.465 e. The van der Waals surface area contributed by atoms with E-state index in [1.54, 1.807) is 24.3 Å². The van der Waals surface area contributed by atoms with E-state index in [4.69, 9.17) is 19.6 Å². The second-order valence-electron chi connectivity index (χ2n) is 11.1. The highest BCUT2D eigenvalue weighted by molar-refractivity contribution is 6.04. The van der Waals surface area contributed by atoms with Crippen molar-refractivity contribution in [1.29, 1.82) is 5.41 Å². The molecule has 13 heteroatoms. The predicted octanol–water partition coefficient (Wildman–Crippen LogP) is 3.72. The molecule has 3 aromatic carbocycles. The van der Waals surface area contributed by atoms with Crippen LogP contribution in [-0.4, -0.2) is 72.4 Å². The summed E-state index contributed by atoms with van der Waals surface area (Å²) in [6, 6.07) is 21.6. The minimum absolute atomic E-state index is 0.0805. The van der Waals surface area contributed by atoms with Gasteiger partial charge in [0.2, 0.25) is 11.8 Å². The lowest BCUT2D eigenvalue weighted by molar-refractivity contribution is -0.130. The maximum atomic E-state index is 13.2. The Balaban J connectivity index is 1.24. The Kier molecular flexibility index (Phi) is 12.4. The number of methoxy groups -OCH3 is 1. The highest BCUT2D eigenvalue weighted by Crippen LogP contribution is 2.32. The maximum Gasteiger partial charge on any atom is 0.413 e. The number of amides is 4. The van der Waals surface area contributed by atoms with Crippen molar-refractivity contribution < 1.29 is 38.5 Å². The van der Waals surface area contributed by atoms with E-state index in [0.717, 1.165) is 27.2 Å². The summed E-state index contributed by atoms with van der Waals surface area (Å²) < 4.78 is 15.5. The molecule has 0 aliphatic carbocycles. The van der Waals surface area contributed by atoms with Crippen molar-refractivity contribution in [3.8, 4) is 0 Å². The number of hydrogen-bond acceptors (Lipinski definition) is 8. The molecule has 1 fully saturated rings. The summed E-state index contributed by atoms with van der Waals surface area (Å²) in [5.74, 6) is -1.33. The number of nitrogens with one attached hydrogen (secondary N) is 4. The smallest absolute Gasteiger partial charge is 0.413 e. The van der Waals surface area contributed by atoms with Gasteiger partial charge in [-0.2, -0.15) is 0 Å². The number of hydrogen-bond donors (Lipinski definition) is 5. The molecule has 5 N–H and O–H groups in total. The Morgan fingerprint density at radius 1 is 0.957 bits per heavy atom. The molecule has 47 heavy (non-hydrogen) atoms. The zero-order valence-corrected chi connectivity index (χ0v) is 26.2. The van der Waals surface area contributed by atoms with E-state index < -0.39 is 36.1 Å². The number of amidine groups is 1. The number of benzene rings is 3. The minimum Gasteiger partial charge on any atom is -0.465 e. The molecule has 13 nitrogen and oxygen atoms in total. The van der Waals surface area contributed by atoms with Crippen molar-refractivity contribution in [3.05, 3.63) is 107 Å². The molecule has 2 unspecified atom stereocenters. The highest BCUT2D eigenvalue weighted by atomic mass is 16.7. The first-order chi connectivity index (χ1) is 22.6. The Labute approximate surface area is 272 Å². The van der Waals surface area contributed by atoms with Gasteiger partial charge in [0, 0.05) is 31.7 Å². The third-order valence-electron chi connectivity index (χ3n) is 7.64. The van der Waals surface area contributed by atoms with Crippen molar-refractivity contribution in [1.82, 2.24) is 20.9 Å². The van der Waals surface area contributed by atoms with Crippen LogP contribution in [0.3, 0.4) is 0 Å². The number of ether oxygens (including phenoxy) is 3. The second-order valence-corrected chi connectivity index (χ2v) is 11.1. The molecule has 0 saturated carbocycles. The van der Waals surface area contributed by atoms with Gasteiger partial charge in [0.1, 0.15) is 31.3 Å². The zero-order chi connectivity index (χ0) is 33.8. The van der Waals surface area contributed by atoms with Crippen LogP contribution in [0.25, 0.3) is 0 Å². The minimum atomic E-state index is -1.21. The van der Waals surface area contributed by atoms with Crippen molar-refractivity contribution in [2.45, 2.75) is 51.1 Å². The van der Waals surface area contributed by atoms with Gasteiger partial charge in [-0.25, -0.2) is 9.59 Å². The number of nitrogens with zero attached hydrogens (tertiary/aromatic N) is 1. The number of rotatable bonds is 13. The van der Waals surface area contributed by atoms with Crippen LogP contribution in [0.4, 0.5) is 9.59 Å². The number of carbonyl (C=O) groups is 4. The SMILES string of the molecule is COCOCc1cccc([C@H]2CC(C(=O)NC(C)C(=O)NCc3ccc(C(=N)NC(=O)OCc4ccccc4)cc3)N(C(=O)O)C2)c1. The van der Waals surface area contributed by atoms with Crippen LogP contribution in [-0.2, 0) is 43.6 Å².